The molecule has 0 bridgehead atoms. The van der Waals surface area contributed by atoms with E-state index in [0.29, 0.717) is 22.9 Å². The highest BCUT2D eigenvalue weighted by Gasteiger charge is 2.36. The van der Waals surface area contributed by atoms with E-state index in [1.54, 1.807) is 18.2 Å². The number of imide groups is 1. The second-order valence-corrected chi connectivity index (χ2v) is 6.85. The summed E-state index contributed by atoms with van der Waals surface area (Å²) in [6.45, 7) is 2.22. The van der Waals surface area contributed by atoms with Crippen LogP contribution in [0.1, 0.15) is 24.8 Å². The van der Waals surface area contributed by atoms with Gasteiger partial charge in [-0.25, -0.2) is 0 Å². The number of carbonyl (C=O) groups excluding carboxylic acids is 2. The van der Waals surface area contributed by atoms with Crippen molar-refractivity contribution in [3.8, 4) is 11.5 Å². The van der Waals surface area contributed by atoms with Crippen LogP contribution in [0, 0.1) is 0 Å². The molecular weight excluding hydrogens is 328 g/mol. The molecule has 1 aromatic carbocycles. The van der Waals surface area contributed by atoms with Crippen LogP contribution in [-0.2, 0) is 4.79 Å². The molecule has 0 aliphatic carbocycles. The number of carbonyl (C=O) groups is 2. The third-order valence-electron chi connectivity index (χ3n) is 4.17. The van der Waals surface area contributed by atoms with Crippen molar-refractivity contribution in [2.24, 2.45) is 0 Å². The number of likely N-dealkylation sites (tertiary alicyclic amines) is 1. The normalized spacial score (nSPS) is 20.9. The first kappa shape index (κ1) is 16.9. The van der Waals surface area contributed by atoms with E-state index in [1.807, 2.05) is 0 Å². The van der Waals surface area contributed by atoms with Gasteiger partial charge in [-0.05, 0) is 61.5 Å². The zero-order valence-corrected chi connectivity index (χ0v) is 14.3. The van der Waals surface area contributed by atoms with Crippen LogP contribution in [0.4, 0.5) is 4.79 Å². The van der Waals surface area contributed by atoms with Crippen molar-refractivity contribution in [2.75, 3.05) is 26.9 Å². The minimum atomic E-state index is -0.261. The molecule has 7 heteroatoms. The molecule has 0 atom stereocenters. The van der Waals surface area contributed by atoms with Crippen molar-refractivity contribution in [2.45, 2.75) is 19.3 Å². The van der Waals surface area contributed by atoms with Gasteiger partial charge in [0.05, 0.1) is 18.7 Å². The Morgan fingerprint density at radius 1 is 1.25 bits per heavy atom. The number of hydrogen-bond donors (Lipinski definition) is 1. The lowest BCUT2D eigenvalue weighted by molar-refractivity contribution is -0.124. The molecule has 1 N–H and O–H groups in total. The summed E-state index contributed by atoms with van der Waals surface area (Å²) in [6, 6.07) is 4.81. The van der Waals surface area contributed by atoms with Gasteiger partial charge in [0.25, 0.3) is 11.1 Å². The fourth-order valence-electron chi connectivity index (χ4n) is 2.86. The summed E-state index contributed by atoms with van der Waals surface area (Å²) >= 11 is 0.951. The van der Waals surface area contributed by atoms with Crippen LogP contribution in [-0.4, -0.2) is 52.9 Å². The number of thioether (sulfide) groups is 1. The molecule has 2 aliphatic rings. The number of hydrogen-bond acceptors (Lipinski definition) is 6. The summed E-state index contributed by atoms with van der Waals surface area (Å²) in [5, 5.41) is 9.39. The van der Waals surface area contributed by atoms with Gasteiger partial charge in [-0.2, -0.15) is 0 Å². The van der Waals surface area contributed by atoms with Gasteiger partial charge in [0.15, 0.2) is 11.5 Å². The number of amides is 2. The van der Waals surface area contributed by atoms with Crippen molar-refractivity contribution in [1.82, 2.24) is 9.80 Å². The zero-order chi connectivity index (χ0) is 17.1. The number of methoxy groups -OCH3 is 1. The smallest absolute Gasteiger partial charge is 0.294 e. The van der Waals surface area contributed by atoms with E-state index in [-0.39, 0.29) is 16.9 Å². The van der Waals surface area contributed by atoms with Gasteiger partial charge in [-0.15, -0.1) is 0 Å². The fraction of sp³-hybridized carbons (Fsp3) is 0.412. The summed E-state index contributed by atoms with van der Waals surface area (Å²) in [7, 11) is 1.46. The van der Waals surface area contributed by atoms with Gasteiger partial charge in [-0.3, -0.25) is 19.4 Å². The van der Waals surface area contributed by atoms with Crippen LogP contribution < -0.4 is 4.74 Å². The van der Waals surface area contributed by atoms with E-state index in [4.69, 9.17) is 4.74 Å². The molecule has 0 aromatic heterocycles. The monoisotopic (exact) mass is 348 g/mol. The van der Waals surface area contributed by atoms with E-state index < -0.39 is 0 Å². The van der Waals surface area contributed by atoms with Crippen molar-refractivity contribution in [1.29, 1.82) is 0 Å². The summed E-state index contributed by atoms with van der Waals surface area (Å²) in [4.78, 5) is 28.5. The van der Waals surface area contributed by atoms with Crippen LogP contribution in [0.5, 0.6) is 11.5 Å². The quantitative estimate of drug-likeness (QED) is 0.844. The maximum atomic E-state index is 12.5. The highest BCUT2D eigenvalue weighted by Crippen LogP contribution is 2.34. The van der Waals surface area contributed by atoms with Crippen molar-refractivity contribution < 1.29 is 19.4 Å². The third kappa shape index (κ3) is 3.57. The minimum Gasteiger partial charge on any atom is -0.504 e. The number of phenols is 1. The SMILES string of the molecule is COc1cc(/C=C2\SC(=O)N(CN3CCCCC3)C2=O)ccc1O. The maximum absolute atomic E-state index is 12.5. The van der Waals surface area contributed by atoms with Gasteiger partial charge >= 0.3 is 0 Å². The molecule has 2 saturated heterocycles. The average Bonchev–Trinajstić information content (AvgIpc) is 2.85. The lowest BCUT2D eigenvalue weighted by Gasteiger charge is -2.29. The number of ether oxygens (including phenoxy) is 1. The van der Waals surface area contributed by atoms with Crippen LogP contribution in [0.25, 0.3) is 6.08 Å². The summed E-state index contributed by atoms with van der Waals surface area (Å²) < 4.78 is 5.06. The first-order valence-corrected chi connectivity index (χ1v) is 8.75. The van der Waals surface area contributed by atoms with E-state index in [0.717, 1.165) is 37.7 Å². The third-order valence-corrected chi connectivity index (χ3v) is 5.07. The Kier molecular flexibility index (Phi) is 5.11. The Labute approximate surface area is 145 Å². The Balaban J connectivity index is 1.75. The molecule has 2 fully saturated rings. The Hall–Kier alpha value is -1.99. The number of phenolic OH excluding ortho intramolecular Hbond substituents is 1. The Morgan fingerprint density at radius 2 is 2.00 bits per heavy atom. The minimum absolute atomic E-state index is 0.0350. The maximum Gasteiger partial charge on any atom is 0.294 e. The van der Waals surface area contributed by atoms with E-state index >= 15 is 0 Å². The lowest BCUT2D eigenvalue weighted by Crippen LogP contribution is -2.42. The van der Waals surface area contributed by atoms with Crippen LogP contribution in [0.2, 0.25) is 0 Å². The van der Waals surface area contributed by atoms with E-state index in [2.05, 4.69) is 4.90 Å². The largest absolute Gasteiger partial charge is 0.504 e. The van der Waals surface area contributed by atoms with Gasteiger partial charge in [-0.1, -0.05) is 12.5 Å². The average molecular weight is 348 g/mol. The molecule has 24 heavy (non-hydrogen) atoms. The second kappa shape index (κ2) is 7.27. The number of piperidine rings is 1. The van der Waals surface area contributed by atoms with Gasteiger partial charge in [0.2, 0.25) is 0 Å². The number of benzene rings is 1. The molecule has 2 aliphatic heterocycles. The standard InChI is InChI=1S/C17H20N2O4S/c1-23-14-9-12(5-6-13(14)20)10-15-16(21)19(17(22)24-15)11-18-7-3-2-4-8-18/h5-6,9-10,20H,2-4,7-8,11H2,1H3/b15-10-. The number of aromatic hydroxyl groups is 1. The van der Waals surface area contributed by atoms with E-state index in [9.17, 15) is 14.7 Å². The van der Waals surface area contributed by atoms with Crippen molar-refractivity contribution >= 4 is 29.0 Å². The molecule has 2 amide bonds. The molecule has 0 unspecified atom stereocenters. The number of rotatable bonds is 4. The van der Waals surface area contributed by atoms with Crippen molar-refractivity contribution in [3.05, 3.63) is 28.7 Å². The molecule has 1 aromatic rings. The molecule has 0 spiro atoms. The van der Waals surface area contributed by atoms with Gasteiger partial charge in [0, 0.05) is 0 Å². The van der Waals surface area contributed by atoms with Gasteiger partial charge in [0.1, 0.15) is 0 Å². The van der Waals surface area contributed by atoms with Crippen LogP contribution in [0.3, 0.4) is 0 Å². The molecule has 2 heterocycles. The predicted octanol–water partition coefficient (Wildman–Crippen LogP) is 2.88. The molecule has 6 nitrogen and oxygen atoms in total. The van der Waals surface area contributed by atoms with Crippen molar-refractivity contribution in [3.63, 3.8) is 0 Å². The molecule has 3 rings (SSSR count). The molecule has 0 saturated carbocycles. The lowest BCUT2D eigenvalue weighted by atomic mass is 10.1. The summed E-state index contributed by atoms with van der Waals surface area (Å²) in [5.41, 5.74) is 0.702. The fourth-order valence-corrected chi connectivity index (χ4v) is 3.69. The molecule has 128 valence electrons. The van der Waals surface area contributed by atoms with Crippen LogP contribution >= 0.6 is 11.8 Å². The summed E-state index contributed by atoms with van der Waals surface area (Å²) in [5.74, 6) is 0.103. The van der Waals surface area contributed by atoms with Crippen LogP contribution in [0.15, 0.2) is 23.1 Å². The Bertz CT molecular complexity index is 683. The highest BCUT2D eigenvalue weighted by molar-refractivity contribution is 8.18. The predicted molar refractivity (Wildman–Crippen MR) is 92.8 cm³/mol. The zero-order valence-electron chi connectivity index (χ0n) is 13.5. The molecule has 0 radical (unpaired) electrons. The topological polar surface area (TPSA) is 70.1 Å². The Morgan fingerprint density at radius 3 is 2.71 bits per heavy atom. The molecular formula is C17H20N2O4S. The first-order chi connectivity index (χ1) is 11.6. The van der Waals surface area contributed by atoms with E-state index in [1.165, 1.54) is 24.5 Å². The second-order valence-electron chi connectivity index (χ2n) is 5.86. The number of nitrogens with zero attached hydrogens (tertiary/aromatic N) is 2. The first-order valence-electron chi connectivity index (χ1n) is 7.93. The summed E-state index contributed by atoms with van der Waals surface area (Å²) in [6.07, 6.45) is 5.09. The van der Waals surface area contributed by atoms with Gasteiger partial charge < -0.3 is 9.84 Å². The highest BCUT2D eigenvalue weighted by atomic mass is 32.2.